The van der Waals surface area contributed by atoms with Gasteiger partial charge in [-0.1, -0.05) is 19.3 Å². The first-order valence-corrected chi connectivity index (χ1v) is 7.52. The molecule has 14 heavy (non-hydrogen) atoms. The molecule has 1 aliphatic carbocycles. The molecule has 0 atom stereocenters. The first kappa shape index (κ1) is 12.0. The molecule has 0 amide bonds. The molecule has 0 radical (unpaired) electrons. The van der Waals surface area contributed by atoms with E-state index in [4.69, 9.17) is 0 Å². The summed E-state index contributed by atoms with van der Waals surface area (Å²) in [6.07, 6.45) is 7.48. The highest BCUT2D eigenvalue weighted by molar-refractivity contribution is 7.90. The summed E-state index contributed by atoms with van der Waals surface area (Å²) in [7, 11) is -2.76. The van der Waals surface area contributed by atoms with Crippen LogP contribution in [0.15, 0.2) is 0 Å². The van der Waals surface area contributed by atoms with Crippen LogP contribution >= 0.6 is 0 Å². The molecular formula is C10H21NO2S. The second kappa shape index (κ2) is 5.71. The zero-order valence-electron chi connectivity index (χ0n) is 8.96. The Morgan fingerprint density at radius 1 is 1.29 bits per heavy atom. The van der Waals surface area contributed by atoms with E-state index in [9.17, 15) is 8.42 Å². The summed E-state index contributed by atoms with van der Waals surface area (Å²) in [5.74, 6) is 1.25. The van der Waals surface area contributed by atoms with Crippen LogP contribution in [-0.4, -0.2) is 33.5 Å². The number of hydrogen-bond acceptors (Lipinski definition) is 3. The van der Waals surface area contributed by atoms with Crippen molar-refractivity contribution >= 4 is 9.84 Å². The SMILES string of the molecule is CS(=O)(=O)CCCNCCC1CCC1. The Labute approximate surface area is 87.2 Å². The summed E-state index contributed by atoms with van der Waals surface area (Å²) < 4.78 is 21.6. The monoisotopic (exact) mass is 219 g/mol. The topological polar surface area (TPSA) is 46.2 Å². The summed E-state index contributed by atoms with van der Waals surface area (Å²) in [5.41, 5.74) is 0. The van der Waals surface area contributed by atoms with Crippen molar-refractivity contribution in [1.29, 1.82) is 0 Å². The number of sulfone groups is 1. The van der Waals surface area contributed by atoms with Gasteiger partial charge >= 0.3 is 0 Å². The molecule has 0 heterocycles. The van der Waals surface area contributed by atoms with Crippen LogP contribution in [0.5, 0.6) is 0 Å². The van der Waals surface area contributed by atoms with Gasteiger partial charge in [-0.15, -0.1) is 0 Å². The predicted octanol–water partition coefficient (Wildman–Crippen LogP) is 1.20. The Hall–Kier alpha value is -0.0900. The zero-order chi connectivity index (χ0) is 10.4. The largest absolute Gasteiger partial charge is 0.317 e. The third kappa shape index (κ3) is 5.60. The lowest BCUT2D eigenvalue weighted by atomic mass is 9.83. The fraction of sp³-hybridized carbons (Fsp3) is 1.00. The summed E-state index contributed by atoms with van der Waals surface area (Å²) >= 11 is 0. The van der Waals surface area contributed by atoms with E-state index in [1.807, 2.05) is 0 Å². The van der Waals surface area contributed by atoms with Gasteiger partial charge in [0.1, 0.15) is 9.84 Å². The highest BCUT2D eigenvalue weighted by atomic mass is 32.2. The lowest BCUT2D eigenvalue weighted by Gasteiger charge is -2.25. The molecule has 0 unspecified atom stereocenters. The van der Waals surface area contributed by atoms with E-state index in [-0.39, 0.29) is 0 Å². The summed E-state index contributed by atoms with van der Waals surface area (Å²) in [4.78, 5) is 0. The third-order valence-corrected chi connectivity index (χ3v) is 3.85. The molecule has 84 valence electrons. The highest BCUT2D eigenvalue weighted by Crippen LogP contribution is 2.28. The average molecular weight is 219 g/mol. The molecule has 0 saturated heterocycles. The van der Waals surface area contributed by atoms with Crippen LogP contribution in [-0.2, 0) is 9.84 Å². The Bertz CT molecular complexity index is 245. The quantitative estimate of drug-likeness (QED) is 0.654. The standard InChI is InChI=1S/C10H21NO2S/c1-14(12,13)9-3-7-11-8-6-10-4-2-5-10/h10-11H,2-9H2,1H3. The van der Waals surface area contributed by atoms with Gasteiger partial charge in [0, 0.05) is 6.26 Å². The lowest BCUT2D eigenvalue weighted by molar-refractivity contribution is 0.292. The predicted molar refractivity (Wildman–Crippen MR) is 59.2 cm³/mol. The molecular weight excluding hydrogens is 198 g/mol. The van der Waals surface area contributed by atoms with Gasteiger partial charge < -0.3 is 5.32 Å². The van der Waals surface area contributed by atoms with E-state index >= 15 is 0 Å². The molecule has 1 aliphatic rings. The van der Waals surface area contributed by atoms with Gasteiger partial charge in [0.2, 0.25) is 0 Å². The molecule has 0 aliphatic heterocycles. The van der Waals surface area contributed by atoms with E-state index in [2.05, 4.69) is 5.32 Å². The highest BCUT2D eigenvalue weighted by Gasteiger charge is 2.15. The molecule has 0 spiro atoms. The Morgan fingerprint density at radius 3 is 2.50 bits per heavy atom. The maximum Gasteiger partial charge on any atom is 0.147 e. The minimum Gasteiger partial charge on any atom is -0.317 e. The van der Waals surface area contributed by atoms with Gasteiger partial charge in [0.25, 0.3) is 0 Å². The van der Waals surface area contributed by atoms with Crippen molar-refractivity contribution in [3.8, 4) is 0 Å². The molecule has 3 nitrogen and oxygen atoms in total. The van der Waals surface area contributed by atoms with Gasteiger partial charge in [-0.2, -0.15) is 0 Å². The zero-order valence-corrected chi connectivity index (χ0v) is 9.78. The van der Waals surface area contributed by atoms with E-state index in [1.54, 1.807) is 0 Å². The Kier molecular flexibility index (Phi) is 4.89. The second-order valence-corrected chi connectivity index (χ2v) is 6.58. The van der Waals surface area contributed by atoms with E-state index in [0.717, 1.165) is 25.4 Å². The molecule has 0 aromatic carbocycles. The van der Waals surface area contributed by atoms with E-state index in [1.165, 1.54) is 31.9 Å². The van der Waals surface area contributed by atoms with E-state index < -0.39 is 9.84 Å². The van der Waals surface area contributed by atoms with Crippen LogP contribution < -0.4 is 5.32 Å². The van der Waals surface area contributed by atoms with Crippen LogP contribution in [0.25, 0.3) is 0 Å². The molecule has 4 heteroatoms. The van der Waals surface area contributed by atoms with Crippen LogP contribution in [0.2, 0.25) is 0 Å². The van der Waals surface area contributed by atoms with Crippen LogP contribution in [0.4, 0.5) is 0 Å². The van der Waals surface area contributed by atoms with Gasteiger partial charge in [-0.3, -0.25) is 0 Å². The van der Waals surface area contributed by atoms with Crippen molar-refractivity contribution in [2.24, 2.45) is 5.92 Å². The maximum atomic E-state index is 10.8. The first-order valence-electron chi connectivity index (χ1n) is 5.46. The normalized spacial score (nSPS) is 18.1. The fourth-order valence-corrected chi connectivity index (χ4v) is 2.34. The van der Waals surface area contributed by atoms with Crippen LogP contribution in [0.1, 0.15) is 32.1 Å². The molecule has 1 fully saturated rings. The van der Waals surface area contributed by atoms with Crippen molar-refractivity contribution in [2.45, 2.75) is 32.1 Å². The molecule has 1 rings (SSSR count). The molecule has 1 saturated carbocycles. The fourth-order valence-electron chi connectivity index (χ4n) is 1.67. The van der Waals surface area contributed by atoms with Crippen molar-refractivity contribution < 1.29 is 8.42 Å². The number of hydrogen-bond donors (Lipinski definition) is 1. The van der Waals surface area contributed by atoms with Crippen molar-refractivity contribution in [2.75, 3.05) is 25.1 Å². The van der Waals surface area contributed by atoms with Gasteiger partial charge in [-0.25, -0.2) is 8.42 Å². The lowest BCUT2D eigenvalue weighted by Crippen LogP contribution is -2.23. The molecule has 0 aromatic heterocycles. The Balaban J connectivity index is 1.84. The summed E-state index contributed by atoms with van der Waals surface area (Å²) in [5, 5.41) is 3.29. The average Bonchev–Trinajstić information content (AvgIpc) is 1.97. The van der Waals surface area contributed by atoms with Crippen molar-refractivity contribution in [1.82, 2.24) is 5.32 Å². The minimum absolute atomic E-state index is 0.309. The number of nitrogens with one attached hydrogen (secondary N) is 1. The third-order valence-electron chi connectivity index (χ3n) is 2.82. The van der Waals surface area contributed by atoms with Gasteiger partial charge in [-0.05, 0) is 31.8 Å². The van der Waals surface area contributed by atoms with E-state index in [0.29, 0.717) is 5.75 Å². The van der Waals surface area contributed by atoms with Crippen LogP contribution in [0.3, 0.4) is 0 Å². The molecule has 0 bridgehead atoms. The van der Waals surface area contributed by atoms with Crippen LogP contribution in [0, 0.1) is 5.92 Å². The Morgan fingerprint density at radius 2 is 2.00 bits per heavy atom. The van der Waals surface area contributed by atoms with Crippen molar-refractivity contribution in [3.05, 3.63) is 0 Å². The van der Waals surface area contributed by atoms with Crippen molar-refractivity contribution in [3.63, 3.8) is 0 Å². The minimum atomic E-state index is -2.76. The smallest absolute Gasteiger partial charge is 0.147 e. The summed E-state index contributed by atoms with van der Waals surface area (Å²) in [6.45, 7) is 1.88. The summed E-state index contributed by atoms with van der Waals surface area (Å²) in [6, 6.07) is 0. The molecule has 0 aromatic rings. The number of rotatable bonds is 7. The first-order chi connectivity index (χ1) is 6.58. The molecule has 1 N–H and O–H groups in total. The van der Waals surface area contributed by atoms with Gasteiger partial charge in [0.05, 0.1) is 5.75 Å². The maximum absolute atomic E-state index is 10.8. The second-order valence-electron chi connectivity index (χ2n) is 4.32. The van der Waals surface area contributed by atoms with Gasteiger partial charge in [0.15, 0.2) is 0 Å².